The zero-order valence-corrected chi connectivity index (χ0v) is 8.71. The second-order valence-corrected chi connectivity index (χ2v) is 3.73. The molecule has 0 amide bonds. The maximum atomic E-state index is 5.79. The quantitative estimate of drug-likeness (QED) is 0.750. The molecule has 0 aromatic carbocycles. The highest BCUT2D eigenvalue weighted by Gasteiger charge is 2.17. The van der Waals surface area contributed by atoms with Crippen LogP contribution in [-0.4, -0.2) is 29.2 Å². The van der Waals surface area contributed by atoms with Crippen molar-refractivity contribution in [3.63, 3.8) is 0 Å². The molecule has 0 spiro atoms. The lowest BCUT2D eigenvalue weighted by atomic mass is 10.3. The molecule has 1 aromatic heterocycles. The first kappa shape index (κ1) is 9.68. The second-order valence-electron chi connectivity index (χ2n) is 3.35. The molecule has 76 valence electrons. The van der Waals surface area contributed by atoms with Crippen LogP contribution < -0.4 is 10.1 Å². The van der Waals surface area contributed by atoms with Crippen LogP contribution in [0.5, 0.6) is 6.01 Å². The fourth-order valence-electron chi connectivity index (χ4n) is 1.43. The lowest BCUT2D eigenvalue weighted by Crippen LogP contribution is -2.20. The van der Waals surface area contributed by atoms with Crippen LogP contribution in [0.15, 0.2) is 6.07 Å². The largest absolute Gasteiger partial charge is 0.459 e. The highest BCUT2D eigenvalue weighted by atomic mass is 35.5. The minimum Gasteiger partial charge on any atom is -0.459 e. The Hall–Kier alpha value is -0.870. The molecule has 1 aromatic rings. The van der Waals surface area contributed by atoms with E-state index in [1.165, 1.54) is 0 Å². The number of nitrogens with zero attached hydrogens (tertiary/aromatic N) is 2. The lowest BCUT2D eigenvalue weighted by Gasteiger charge is -2.10. The molecule has 4 nitrogen and oxygen atoms in total. The molecule has 0 aliphatic carbocycles. The first-order valence-corrected chi connectivity index (χ1v) is 5.00. The van der Waals surface area contributed by atoms with Gasteiger partial charge in [0.2, 0.25) is 0 Å². The highest BCUT2D eigenvalue weighted by molar-refractivity contribution is 6.29. The van der Waals surface area contributed by atoms with Gasteiger partial charge in [-0.05, 0) is 26.0 Å². The van der Waals surface area contributed by atoms with Crippen molar-refractivity contribution in [2.75, 3.05) is 13.1 Å². The zero-order chi connectivity index (χ0) is 9.97. The van der Waals surface area contributed by atoms with Crippen LogP contribution in [0.4, 0.5) is 0 Å². The number of halogens is 1. The first-order valence-electron chi connectivity index (χ1n) is 4.62. The Morgan fingerprint density at radius 1 is 1.57 bits per heavy atom. The topological polar surface area (TPSA) is 47.0 Å². The van der Waals surface area contributed by atoms with Crippen molar-refractivity contribution in [3.05, 3.63) is 16.9 Å². The second kappa shape index (κ2) is 4.11. The summed E-state index contributed by atoms with van der Waals surface area (Å²) in [4.78, 5) is 8.15. The molecule has 2 heterocycles. The van der Waals surface area contributed by atoms with Gasteiger partial charge in [-0.25, -0.2) is 4.98 Å². The van der Waals surface area contributed by atoms with E-state index in [9.17, 15) is 0 Å². The van der Waals surface area contributed by atoms with E-state index in [2.05, 4.69) is 15.3 Å². The lowest BCUT2D eigenvalue weighted by molar-refractivity contribution is 0.204. The van der Waals surface area contributed by atoms with E-state index in [1.54, 1.807) is 6.07 Å². The average molecular weight is 214 g/mol. The summed E-state index contributed by atoms with van der Waals surface area (Å²) in [6, 6.07) is 2.09. The van der Waals surface area contributed by atoms with Crippen molar-refractivity contribution in [2.45, 2.75) is 19.4 Å². The summed E-state index contributed by atoms with van der Waals surface area (Å²) in [6.45, 7) is 3.71. The number of nitrogens with one attached hydrogen (secondary N) is 1. The fraction of sp³-hybridized carbons (Fsp3) is 0.556. The van der Waals surface area contributed by atoms with Crippen molar-refractivity contribution >= 4 is 11.6 Å². The van der Waals surface area contributed by atoms with Crippen molar-refractivity contribution in [1.29, 1.82) is 0 Å². The Balaban J connectivity index is 2.07. The standard InChI is InChI=1S/C9H12ClN3O/c1-6-4-8(10)13-9(12-6)14-7-2-3-11-5-7/h4,7,11H,2-3,5H2,1H3/t7-/m1/s1. The smallest absolute Gasteiger partial charge is 0.318 e. The van der Waals surface area contributed by atoms with E-state index in [0.717, 1.165) is 25.2 Å². The maximum absolute atomic E-state index is 5.79. The number of hydrogen-bond acceptors (Lipinski definition) is 4. The summed E-state index contributed by atoms with van der Waals surface area (Å²) >= 11 is 5.79. The Labute approximate surface area is 87.7 Å². The molecule has 0 bridgehead atoms. The van der Waals surface area contributed by atoms with E-state index in [-0.39, 0.29) is 6.10 Å². The Bertz CT molecular complexity index is 306. The highest BCUT2D eigenvalue weighted by Crippen LogP contribution is 2.14. The van der Waals surface area contributed by atoms with Gasteiger partial charge in [-0.1, -0.05) is 11.6 Å². The van der Waals surface area contributed by atoms with E-state index >= 15 is 0 Å². The van der Waals surface area contributed by atoms with Gasteiger partial charge in [-0.15, -0.1) is 0 Å². The van der Waals surface area contributed by atoms with Crippen molar-refractivity contribution in [3.8, 4) is 6.01 Å². The molecule has 1 N–H and O–H groups in total. The van der Waals surface area contributed by atoms with Crippen molar-refractivity contribution in [2.24, 2.45) is 0 Å². The molecule has 0 radical (unpaired) electrons. The van der Waals surface area contributed by atoms with Crippen LogP contribution >= 0.6 is 11.6 Å². The SMILES string of the molecule is Cc1cc(Cl)nc(O[C@@H]2CCNC2)n1. The number of hydrogen-bond donors (Lipinski definition) is 1. The van der Waals surface area contributed by atoms with Crippen LogP contribution in [-0.2, 0) is 0 Å². The molecule has 14 heavy (non-hydrogen) atoms. The molecule has 0 saturated carbocycles. The van der Waals surface area contributed by atoms with Gasteiger partial charge in [0.15, 0.2) is 0 Å². The Morgan fingerprint density at radius 3 is 3.07 bits per heavy atom. The molecule has 2 rings (SSSR count). The van der Waals surface area contributed by atoms with Gasteiger partial charge in [0.25, 0.3) is 0 Å². The Kier molecular flexibility index (Phi) is 2.84. The summed E-state index contributed by atoms with van der Waals surface area (Å²) in [5.74, 6) is 0. The number of aryl methyl sites for hydroxylation is 1. The molecule has 0 unspecified atom stereocenters. The molecule has 1 fully saturated rings. The summed E-state index contributed by atoms with van der Waals surface area (Å²) < 4.78 is 5.57. The van der Waals surface area contributed by atoms with Crippen molar-refractivity contribution in [1.82, 2.24) is 15.3 Å². The molecular formula is C9H12ClN3O. The van der Waals surface area contributed by atoms with E-state index in [1.807, 2.05) is 6.92 Å². The van der Waals surface area contributed by atoms with Gasteiger partial charge in [0, 0.05) is 12.2 Å². The zero-order valence-electron chi connectivity index (χ0n) is 7.96. The summed E-state index contributed by atoms with van der Waals surface area (Å²) in [5.41, 5.74) is 0.825. The van der Waals surface area contributed by atoms with Gasteiger partial charge in [-0.2, -0.15) is 4.98 Å². The van der Waals surface area contributed by atoms with E-state index < -0.39 is 0 Å². The first-order chi connectivity index (χ1) is 6.74. The van der Waals surface area contributed by atoms with Gasteiger partial charge in [0.1, 0.15) is 11.3 Å². The normalized spacial score (nSPS) is 21.1. The third-order valence-electron chi connectivity index (χ3n) is 2.09. The number of rotatable bonds is 2. The molecule has 1 aliphatic heterocycles. The average Bonchev–Trinajstić information content (AvgIpc) is 2.54. The molecular weight excluding hydrogens is 202 g/mol. The third kappa shape index (κ3) is 2.33. The van der Waals surface area contributed by atoms with Crippen LogP contribution in [0.2, 0.25) is 5.15 Å². The van der Waals surface area contributed by atoms with Crippen LogP contribution in [0.25, 0.3) is 0 Å². The molecule has 1 saturated heterocycles. The predicted molar refractivity (Wildman–Crippen MR) is 53.7 cm³/mol. The van der Waals surface area contributed by atoms with Gasteiger partial charge >= 0.3 is 6.01 Å². The predicted octanol–water partition coefficient (Wildman–Crippen LogP) is 1.18. The summed E-state index contributed by atoms with van der Waals surface area (Å²) in [7, 11) is 0. The molecule has 5 heteroatoms. The molecule has 1 atom stereocenters. The monoisotopic (exact) mass is 213 g/mol. The van der Waals surface area contributed by atoms with E-state index in [0.29, 0.717) is 11.2 Å². The van der Waals surface area contributed by atoms with Gasteiger partial charge in [-0.3, -0.25) is 0 Å². The maximum Gasteiger partial charge on any atom is 0.318 e. The minimum absolute atomic E-state index is 0.174. The van der Waals surface area contributed by atoms with Crippen molar-refractivity contribution < 1.29 is 4.74 Å². The summed E-state index contributed by atoms with van der Waals surface area (Å²) in [6.07, 6.45) is 1.17. The third-order valence-corrected chi connectivity index (χ3v) is 2.28. The fourth-order valence-corrected chi connectivity index (χ4v) is 1.66. The van der Waals surface area contributed by atoms with E-state index in [4.69, 9.17) is 16.3 Å². The van der Waals surface area contributed by atoms with Crippen LogP contribution in [0.1, 0.15) is 12.1 Å². The summed E-state index contributed by atoms with van der Waals surface area (Å²) in [5, 5.41) is 3.64. The number of ether oxygens (including phenoxy) is 1. The van der Waals surface area contributed by atoms with Crippen LogP contribution in [0.3, 0.4) is 0 Å². The minimum atomic E-state index is 0.174. The number of aromatic nitrogens is 2. The van der Waals surface area contributed by atoms with Crippen LogP contribution in [0, 0.1) is 6.92 Å². The molecule has 1 aliphatic rings. The van der Waals surface area contributed by atoms with Gasteiger partial charge in [0.05, 0.1) is 0 Å². The van der Waals surface area contributed by atoms with Gasteiger partial charge < -0.3 is 10.1 Å². The Morgan fingerprint density at radius 2 is 2.43 bits per heavy atom.